The van der Waals surface area contributed by atoms with E-state index in [1.165, 1.54) is 6.92 Å². The Morgan fingerprint density at radius 2 is 1.80 bits per heavy atom. The highest BCUT2D eigenvalue weighted by Crippen LogP contribution is 2.61. The third kappa shape index (κ3) is 4.25. The van der Waals surface area contributed by atoms with Gasteiger partial charge in [0.2, 0.25) is 0 Å². The summed E-state index contributed by atoms with van der Waals surface area (Å²) in [5.74, 6) is -0.417. The topological polar surface area (TPSA) is 98.3 Å². The number of ketones is 1. The van der Waals surface area contributed by atoms with Crippen LogP contribution >= 0.6 is 0 Å². The highest BCUT2D eigenvalue weighted by molar-refractivity contribution is 5.86. The van der Waals surface area contributed by atoms with Crippen LogP contribution in [0.15, 0.2) is 24.2 Å². The highest BCUT2D eigenvalue weighted by Gasteiger charge is 2.57. The molecule has 2 saturated carbocycles. The van der Waals surface area contributed by atoms with Crippen molar-refractivity contribution in [1.29, 1.82) is 0 Å². The average molecular weight is 485 g/mol. The van der Waals surface area contributed by atoms with Gasteiger partial charge in [0.15, 0.2) is 6.10 Å². The zero-order chi connectivity index (χ0) is 25.8. The van der Waals surface area contributed by atoms with Crippen molar-refractivity contribution in [2.24, 2.45) is 27.6 Å². The molecular weight excluding hydrogens is 444 g/mol. The first kappa shape index (κ1) is 25.6. The molecule has 1 aromatic heterocycles. The molecular formula is C28H40N2O5. The van der Waals surface area contributed by atoms with Crippen LogP contribution in [0.1, 0.15) is 98.8 Å². The predicted molar refractivity (Wildman–Crippen MR) is 131 cm³/mol. The van der Waals surface area contributed by atoms with E-state index in [0.717, 1.165) is 37.0 Å². The van der Waals surface area contributed by atoms with Crippen LogP contribution in [0, 0.1) is 27.6 Å². The van der Waals surface area contributed by atoms with E-state index in [9.17, 15) is 14.4 Å². The zero-order valence-electron chi connectivity index (χ0n) is 22.2. The summed E-state index contributed by atoms with van der Waals surface area (Å²) in [7, 11) is 0. The first-order chi connectivity index (χ1) is 16.2. The summed E-state index contributed by atoms with van der Waals surface area (Å²) in [5.41, 5.74) is -0.0495. The Morgan fingerprint density at radius 3 is 2.43 bits per heavy atom. The molecule has 5 atom stereocenters. The lowest BCUT2D eigenvalue weighted by atomic mass is 9.50. The molecule has 192 valence electrons. The number of cyclic esters (lactones) is 1. The molecule has 2 aliphatic carbocycles. The molecule has 2 fully saturated rings. The van der Waals surface area contributed by atoms with Crippen LogP contribution in [0.3, 0.4) is 0 Å². The Hall–Kier alpha value is -2.44. The van der Waals surface area contributed by atoms with E-state index in [0.29, 0.717) is 12.8 Å². The molecule has 0 amide bonds. The molecule has 1 aromatic rings. The average Bonchev–Trinajstić information content (AvgIpc) is 3.28. The quantitative estimate of drug-likeness (QED) is 0.558. The number of carbonyl (C=O) groups excluding carboxylic acids is 3. The molecule has 0 spiro atoms. The smallest absolute Gasteiger partial charge is 0.331 e. The minimum Gasteiger partial charge on any atom is -0.462 e. The van der Waals surface area contributed by atoms with Gasteiger partial charge in [-0.1, -0.05) is 48.0 Å². The standard InChI is InChI=1S/C28H40N2O5/c1-17(31)34-22-13-19-25(2,3)21(32)9-12-27(19,6)10-8-11-28(7)20(26(22,4)5)14-23(33)35-24(28)18-15-29-16-30-18/h14-16,19,22,24H,8-13H2,1-7H3,(H,29,30). The largest absolute Gasteiger partial charge is 0.462 e. The lowest BCUT2D eigenvalue weighted by Crippen LogP contribution is -2.53. The van der Waals surface area contributed by atoms with Gasteiger partial charge in [-0.25, -0.2) is 9.78 Å². The van der Waals surface area contributed by atoms with Crippen LogP contribution in [0.4, 0.5) is 0 Å². The number of aromatic amines is 1. The SMILES string of the molecule is CC(=O)OC1CC2C(C)(CCCC3(C)C(=CC(=O)OC3c3cnc[nH]3)C1(C)C)CCC(=O)C2(C)C. The summed E-state index contributed by atoms with van der Waals surface area (Å²) in [5, 5.41) is 0. The van der Waals surface area contributed by atoms with Crippen molar-refractivity contribution in [3.8, 4) is 0 Å². The highest BCUT2D eigenvalue weighted by atomic mass is 16.5. The Morgan fingerprint density at radius 1 is 1.09 bits per heavy atom. The van der Waals surface area contributed by atoms with Crippen molar-refractivity contribution in [1.82, 2.24) is 9.97 Å². The molecule has 4 rings (SSSR count). The molecule has 0 bridgehead atoms. The third-order valence-corrected chi connectivity index (χ3v) is 9.55. The van der Waals surface area contributed by atoms with Gasteiger partial charge in [0.05, 0.1) is 18.2 Å². The second-order valence-electron chi connectivity index (χ2n) is 12.6. The van der Waals surface area contributed by atoms with E-state index in [-0.39, 0.29) is 23.1 Å². The summed E-state index contributed by atoms with van der Waals surface area (Å²) in [6, 6.07) is 0. The van der Waals surface area contributed by atoms with Crippen LogP contribution in [-0.2, 0) is 23.9 Å². The van der Waals surface area contributed by atoms with Crippen LogP contribution in [-0.4, -0.2) is 33.8 Å². The molecule has 7 nitrogen and oxygen atoms in total. The Labute approximate surface area is 208 Å². The molecule has 0 saturated heterocycles. The van der Waals surface area contributed by atoms with E-state index in [1.54, 1.807) is 18.6 Å². The fourth-order valence-electron chi connectivity index (χ4n) is 7.49. The molecule has 0 aromatic carbocycles. The van der Waals surface area contributed by atoms with Crippen LogP contribution in [0.2, 0.25) is 0 Å². The normalized spacial score (nSPS) is 36.8. The Bertz CT molecular complexity index is 1040. The predicted octanol–water partition coefficient (Wildman–Crippen LogP) is 5.48. The molecule has 5 unspecified atom stereocenters. The molecule has 35 heavy (non-hydrogen) atoms. The Balaban J connectivity index is 1.87. The number of H-pyrrole nitrogens is 1. The number of carbonyl (C=O) groups is 3. The van der Waals surface area contributed by atoms with E-state index in [2.05, 4.69) is 51.5 Å². The van der Waals surface area contributed by atoms with Crippen LogP contribution in [0.25, 0.3) is 0 Å². The number of nitrogens with zero attached hydrogens (tertiary/aromatic N) is 1. The van der Waals surface area contributed by atoms with Gasteiger partial charge in [-0.05, 0) is 42.6 Å². The maximum atomic E-state index is 13.1. The van der Waals surface area contributed by atoms with Gasteiger partial charge in [-0.15, -0.1) is 0 Å². The van der Waals surface area contributed by atoms with Crippen molar-refractivity contribution in [3.05, 3.63) is 29.9 Å². The minimum atomic E-state index is -0.660. The number of ether oxygens (including phenoxy) is 2. The van der Waals surface area contributed by atoms with Gasteiger partial charge in [0, 0.05) is 35.7 Å². The maximum Gasteiger partial charge on any atom is 0.331 e. The lowest BCUT2D eigenvalue weighted by Gasteiger charge is -2.55. The summed E-state index contributed by atoms with van der Waals surface area (Å²) in [6.07, 6.45) is 8.59. The van der Waals surface area contributed by atoms with Crippen LogP contribution in [0.5, 0.6) is 0 Å². The zero-order valence-corrected chi connectivity index (χ0v) is 22.2. The molecule has 2 heterocycles. The lowest BCUT2D eigenvalue weighted by molar-refractivity contribution is -0.164. The maximum absolute atomic E-state index is 13.1. The van der Waals surface area contributed by atoms with Crippen molar-refractivity contribution < 1.29 is 23.9 Å². The van der Waals surface area contributed by atoms with E-state index < -0.39 is 34.4 Å². The third-order valence-electron chi connectivity index (χ3n) is 9.55. The van der Waals surface area contributed by atoms with Crippen LogP contribution < -0.4 is 0 Å². The Kier molecular flexibility index (Phi) is 6.30. The number of Topliss-reactive ketones (excluding diaryl/α,β-unsaturated/α-hetero) is 1. The second kappa shape index (κ2) is 8.59. The molecule has 0 radical (unpaired) electrons. The number of rotatable bonds is 2. The minimum absolute atomic E-state index is 0.0572. The van der Waals surface area contributed by atoms with Crippen molar-refractivity contribution in [2.45, 2.75) is 99.2 Å². The van der Waals surface area contributed by atoms with Gasteiger partial charge in [0.25, 0.3) is 0 Å². The van der Waals surface area contributed by atoms with E-state index in [1.807, 2.05) is 0 Å². The van der Waals surface area contributed by atoms with E-state index in [4.69, 9.17) is 9.47 Å². The van der Waals surface area contributed by atoms with Gasteiger partial charge < -0.3 is 14.5 Å². The second-order valence-corrected chi connectivity index (χ2v) is 12.6. The number of fused-ring (bicyclic) bond motifs is 2. The molecule has 7 heteroatoms. The molecule has 1 N–H and O–H groups in total. The van der Waals surface area contributed by atoms with Gasteiger partial charge >= 0.3 is 11.9 Å². The van der Waals surface area contributed by atoms with Crippen molar-refractivity contribution >= 4 is 17.7 Å². The van der Waals surface area contributed by atoms with Crippen molar-refractivity contribution in [2.75, 3.05) is 0 Å². The number of hydrogen-bond donors (Lipinski definition) is 1. The summed E-state index contributed by atoms with van der Waals surface area (Å²) in [4.78, 5) is 45.6. The summed E-state index contributed by atoms with van der Waals surface area (Å²) in [6.45, 7) is 14.1. The van der Waals surface area contributed by atoms with E-state index >= 15 is 0 Å². The summed E-state index contributed by atoms with van der Waals surface area (Å²) >= 11 is 0. The number of esters is 2. The first-order valence-corrected chi connectivity index (χ1v) is 12.8. The van der Waals surface area contributed by atoms with Gasteiger partial charge in [0.1, 0.15) is 11.9 Å². The number of hydrogen-bond acceptors (Lipinski definition) is 6. The number of aromatic nitrogens is 2. The fraction of sp³-hybridized carbons (Fsp3) is 0.714. The first-order valence-electron chi connectivity index (χ1n) is 12.8. The molecule has 1 aliphatic heterocycles. The molecule has 3 aliphatic rings. The van der Waals surface area contributed by atoms with Gasteiger partial charge in [-0.2, -0.15) is 0 Å². The fourth-order valence-corrected chi connectivity index (χ4v) is 7.49. The van der Waals surface area contributed by atoms with Crippen molar-refractivity contribution in [3.63, 3.8) is 0 Å². The van der Waals surface area contributed by atoms with Gasteiger partial charge in [-0.3, -0.25) is 9.59 Å². The summed E-state index contributed by atoms with van der Waals surface area (Å²) < 4.78 is 12.0. The monoisotopic (exact) mass is 484 g/mol. The number of nitrogens with one attached hydrogen (secondary N) is 1. The number of imidazole rings is 1.